The van der Waals surface area contributed by atoms with E-state index in [1.165, 1.54) is 6.08 Å². The number of hydrogen-bond acceptors (Lipinski definition) is 2. The third-order valence-electron chi connectivity index (χ3n) is 2.45. The van der Waals surface area contributed by atoms with E-state index in [0.717, 1.165) is 6.42 Å². The Balaban J connectivity index is 2.36. The second kappa shape index (κ2) is 4.79. The SMILES string of the molecule is CC=CC(=O)NC1CCC(C(=O)O)C1. The van der Waals surface area contributed by atoms with Gasteiger partial charge >= 0.3 is 5.97 Å². The van der Waals surface area contributed by atoms with E-state index >= 15 is 0 Å². The van der Waals surface area contributed by atoms with E-state index in [0.29, 0.717) is 12.8 Å². The second-order valence-electron chi connectivity index (χ2n) is 3.55. The molecule has 1 rings (SSSR count). The fourth-order valence-electron chi connectivity index (χ4n) is 1.74. The molecule has 0 aromatic rings. The summed E-state index contributed by atoms with van der Waals surface area (Å²) in [5, 5.41) is 11.5. The molecule has 1 aliphatic rings. The maximum atomic E-state index is 11.1. The summed E-state index contributed by atoms with van der Waals surface area (Å²) >= 11 is 0. The van der Waals surface area contributed by atoms with Crippen LogP contribution in [-0.4, -0.2) is 23.0 Å². The van der Waals surface area contributed by atoms with Crippen LogP contribution in [0, 0.1) is 5.92 Å². The molecule has 0 spiro atoms. The van der Waals surface area contributed by atoms with Crippen molar-refractivity contribution in [2.75, 3.05) is 0 Å². The van der Waals surface area contributed by atoms with Gasteiger partial charge in [-0.05, 0) is 32.3 Å². The Hall–Kier alpha value is -1.32. The van der Waals surface area contributed by atoms with Gasteiger partial charge < -0.3 is 10.4 Å². The summed E-state index contributed by atoms with van der Waals surface area (Å²) in [5.41, 5.74) is 0. The van der Waals surface area contributed by atoms with Crippen molar-refractivity contribution in [1.82, 2.24) is 5.32 Å². The maximum Gasteiger partial charge on any atom is 0.306 e. The van der Waals surface area contributed by atoms with Crippen LogP contribution in [0.2, 0.25) is 0 Å². The normalized spacial score (nSPS) is 26.6. The Bertz CT molecular complexity index is 260. The van der Waals surface area contributed by atoms with Crippen molar-refractivity contribution < 1.29 is 14.7 Å². The summed E-state index contributed by atoms with van der Waals surface area (Å²) in [7, 11) is 0. The van der Waals surface area contributed by atoms with Gasteiger partial charge in [-0.25, -0.2) is 0 Å². The first kappa shape index (κ1) is 10.8. The monoisotopic (exact) mass is 197 g/mol. The number of carboxylic acids is 1. The quantitative estimate of drug-likeness (QED) is 0.661. The standard InChI is InChI=1S/C10H15NO3/c1-2-3-9(12)11-8-5-4-7(6-8)10(13)14/h2-3,7-8H,4-6H2,1H3,(H,11,12)(H,13,14). The highest BCUT2D eigenvalue weighted by Gasteiger charge is 2.29. The number of nitrogens with one attached hydrogen (secondary N) is 1. The number of amides is 1. The van der Waals surface area contributed by atoms with E-state index in [2.05, 4.69) is 5.32 Å². The lowest BCUT2D eigenvalue weighted by atomic mass is 10.1. The topological polar surface area (TPSA) is 66.4 Å². The van der Waals surface area contributed by atoms with Gasteiger partial charge in [-0.2, -0.15) is 0 Å². The van der Waals surface area contributed by atoms with Crippen LogP contribution < -0.4 is 5.32 Å². The Kier molecular flexibility index (Phi) is 3.68. The van der Waals surface area contributed by atoms with Crippen molar-refractivity contribution in [3.8, 4) is 0 Å². The number of hydrogen-bond donors (Lipinski definition) is 2. The van der Waals surface area contributed by atoms with Crippen LogP contribution in [0.1, 0.15) is 26.2 Å². The third-order valence-corrected chi connectivity index (χ3v) is 2.45. The van der Waals surface area contributed by atoms with E-state index < -0.39 is 5.97 Å². The number of aliphatic carboxylic acids is 1. The van der Waals surface area contributed by atoms with Crippen LogP contribution in [0.25, 0.3) is 0 Å². The molecule has 2 N–H and O–H groups in total. The molecule has 1 amide bonds. The number of carbonyl (C=O) groups is 2. The van der Waals surface area contributed by atoms with Crippen LogP contribution >= 0.6 is 0 Å². The molecule has 1 aliphatic carbocycles. The molecule has 4 heteroatoms. The number of rotatable bonds is 3. The van der Waals surface area contributed by atoms with E-state index in [-0.39, 0.29) is 17.9 Å². The van der Waals surface area contributed by atoms with Crippen LogP contribution in [0.5, 0.6) is 0 Å². The van der Waals surface area contributed by atoms with Crippen LogP contribution in [0.15, 0.2) is 12.2 Å². The van der Waals surface area contributed by atoms with Crippen molar-refractivity contribution in [3.05, 3.63) is 12.2 Å². The molecule has 0 aliphatic heterocycles. The van der Waals surface area contributed by atoms with Gasteiger partial charge in [0.2, 0.25) is 5.91 Å². The molecule has 0 bridgehead atoms. The van der Waals surface area contributed by atoms with Crippen LogP contribution in [0.4, 0.5) is 0 Å². The second-order valence-corrected chi connectivity index (χ2v) is 3.55. The minimum Gasteiger partial charge on any atom is -0.481 e. The predicted octanol–water partition coefficient (Wildman–Crippen LogP) is 0.932. The zero-order valence-corrected chi connectivity index (χ0v) is 8.19. The highest BCUT2D eigenvalue weighted by atomic mass is 16.4. The van der Waals surface area contributed by atoms with E-state index in [1.54, 1.807) is 13.0 Å². The lowest BCUT2D eigenvalue weighted by molar-refractivity contribution is -0.141. The fraction of sp³-hybridized carbons (Fsp3) is 0.600. The van der Waals surface area contributed by atoms with Crippen molar-refractivity contribution in [2.24, 2.45) is 5.92 Å². The first-order valence-corrected chi connectivity index (χ1v) is 4.79. The highest BCUT2D eigenvalue weighted by molar-refractivity contribution is 5.87. The molecule has 4 nitrogen and oxygen atoms in total. The molecule has 0 radical (unpaired) electrons. The Morgan fingerprint density at radius 2 is 2.14 bits per heavy atom. The largest absolute Gasteiger partial charge is 0.481 e. The molecule has 1 fully saturated rings. The van der Waals surface area contributed by atoms with Crippen molar-refractivity contribution in [1.29, 1.82) is 0 Å². The molecular weight excluding hydrogens is 182 g/mol. The Morgan fingerprint density at radius 1 is 1.43 bits per heavy atom. The van der Waals surface area contributed by atoms with E-state index in [4.69, 9.17) is 5.11 Å². The third kappa shape index (κ3) is 2.87. The van der Waals surface area contributed by atoms with E-state index in [9.17, 15) is 9.59 Å². The average molecular weight is 197 g/mol. The average Bonchev–Trinajstić information content (AvgIpc) is 2.53. The molecule has 2 atom stereocenters. The van der Waals surface area contributed by atoms with Gasteiger partial charge in [-0.1, -0.05) is 6.08 Å². The smallest absolute Gasteiger partial charge is 0.306 e. The summed E-state index contributed by atoms with van der Waals surface area (Å²) < 4.78 is 0. The van der Waals surface area contributed by atoms with Gasteiger partial charge in [0, 0.05) is 6.04 Å². The summed E-state index contributed by atoms with van der Waals surface area (Å²) in [4.78, 5) is 21.8. The Morgan fingerprint density at radius 3 is 2.64 bits per heavy atom. The molecule has 0 heterocycles. The maximum absolute atomic E-state index is 11.1. The minimum absolute atomic E-state index is 0.0276. The Labute approximate surface area is 83.0 Å². The van der Waals surface area contributed by atoms with Gasteiger partial charge in [0.25, 0.3) is 0 Å². The summed E-state index contributed by atoms with van der Waals surface area (Å²) in [6.07, 6.45) is 5.10. The minimum atomic E-state index is -0.757. The summed E-state index contributed by atoms with van der Waals surface area (Å²) in [6.45, 7) is 1.77. The van der Waals surface area contributed by atoms with Gasteiger partial charge in [0.15, 0.2) is 0 Å². The van der Waals surface area contributed by atoms with Gasteiger partial charge in [0.05, 0.1) is 5.92 Å². The van der Waals surface area contributed by atoms with Gasteiger partial charge in [-0.3, -0.25) is 9.59 Å². The lowest BCUT2D eigenvalue weighted by Crippen LogP contribution is -2.31. The van der Waals surface area contributed by atoms with Crippen LogP contribution in [0.3, 0.4) is 0 Å². The number of allylic oxidation sites excluding steroid dienone is 1. The van der Waals surface area contributed by atoms with E-state index in [1.807, 2.05) is 0 Å². The molecule has 1 saturated carbocycles. The zero-order chi connectivity index (χ0) is 10.6. The molecule has 0 aromatic heterocycles. The number of carbonyl (C=O) groups excluding carboxylic acids is 1. The number of carboxylic acid groups (broad SMARTS) is 1. The van der Waals surface area contributed by atoms with Crippen molar-refractivity contribution in [3.63, 3.8) is 0 Å². The van der Waals surface area contributed by atoms with Crippen molar-refractivity contribution in [2.45, 2.75) is 32.2 Å². The molecular formula is C10H15NO3. The fourth-order valence-corrected chi connectivity index (χ4v) is 1.74. The molecule has 0 saturated heterocycles. The predicted molar refractivity (Wildman–Crippen MR) is 51.7 cm³/mol. The first-order chi connectivity index (χ1) is 6.63. The molecule has 78 valence electrons. The molecule has 0 aromatic carbocycles. The summed E-state index contributed by atoms with van der Waals surface area (Å²) in [6, 6.07) is 0.0276. The van der Waals surface area contributed by atoms with Gasteiger partial charge in [0.1, 0.15) is 0 Å². The molecule has 2 unspecified atom stereocenters. The van der Waals surface area contributed by atoms with Crippen molar-refractivity contribution >= 4 is 11.9 Å². The van der Waals surface area contributed by atoms with Crippen LogP contribution in [-0.2, 0) is 9.59 Å². The highest BCUT2D eigenvalue weighted by Crippen LogP contribution is 2.25. The first-order valence-electron chi connectivity index (χ1n) is 4.79. The summed E-state index contributed by atoms with van der Waals surface area (Å²) in [5.74, 6) is -1.18. The molecule has 14 heavy (non-hydrogen) atoms. The van der Waals surface area contributed by atoms with Gasteiger partial charge in [-0.15, -0.1) is 0 Å². The zero-order valence-electron chi connectivity index (χ0n) is 8.19. The lowest BCUT2D eigenvalue weighted by Gasteiger charge is -2.09.